The minimum atomic E-state index is 0.419. The van der Waals surface area contributed by atoms with Gasteiger partial charge >= 0.3 is 0 Å². The fourth-order valence-electron chi connectivity index (χ4n) is 1.18. The van der Waals surface area contributed by atoms with Gasteiger partial charge in [0, 0.05) is 18.8 Å². The predicted molar refractivity (Wildman–Crippen MR) is 52.5 cm³/mol. The first-order valence-electron chi connectivity index (χ1n) is 4.75. The van der Waals surface area contributed by atoms with Gasteiger partial charge in [0.2, 0.25) is 0 Å². The van der Waals surface area contributed by atoms with Crippen LogP contribution in [0.2, 0.25) is 0 Å². The summed E-state index contributed by atoms with van der Waals surface area (Å²) in [4.78, 5) is 0. The van der Waals surface area contributed by atoms with Crippen LogP contribution in [0.4, 0.5) is 0 Å². The highest BCUT2D eigenvalue weighted by Gasteiger charge is 2.03. The van der Waals surface area contributed by atoms with E-state index in [-0.39, 0.29) is 0 Å². The van der Waals surface area contributed by atoms with Crippen LogP contribution in [0, 0.1) is 0 Å². The lowest BCUT2D eigenvalue weighted by atomic mass is 10.2. The number of hydrogen-bond donors (Lipinski definition) is 2. The van der Waals surface area contributed by atoms with Gasteiger partial charge in [-0.1, -0.05) is 31.9 Å². The SMILES string of the molecule is CCCC/C=C/CC1NC=CN1. The Kier molecular flexibility index (Phi) is 4.35. The molecule has 68 valence electrons. The maximum Gasteiger partial charge on any atom is 0.0991 e. The topological polar surface area (TPSA) is 24.1 Å². The van der Waals surface area contributed by atoms with E-state index in [9.17, 15) is 0 Å². The lowest BCUT2D eigenvalue weighted by Gasteiger charge is -2.07. The zero-order valence-corrected chi connectivity index (χ0v) is 7.72. The zero-order valence-electron chi connectivity index (χ0n) is 7.72. The van der Waals surface area contributed by atoms with E-state index in [2.05, 4.69) is 29.7 Å². The second-order valence-electron chi connectivity index (χ2n) is 3.07. The molecular formula is C10H18N2. The van der Waals surface area contributed by atoms with Crippen molar-refractivity contribution >= 4 is 0 Å². The van der Waals surface area contributed by atoms with Crippen molar-refractivity contribution in [1.82, 2.24) is 10.6 Å². The number of rotatable bonds is 5. The molecule has 0 aromatic carbocycles. The molecule has 0 saturated carbocycles. The molecule has 1 rings (SSSR count). The van der Waals surface area contributed by atoms with Crippen LogP contribution in [0.25, 0.3) is 0 Å². The Labute approximate surface area is 74.7 Å². The molecule has 0 radical (unpaired) electrons. The molecule has 0 bridgehead atoms. The molecule has 0 saturated heterocycles. The number of nitrogens with one attached hydrogen (secondary N) is 2. The Balaban J connectivity index is 1.97. The first kappa shape index (κ1) is 9.17. The van der Waals surface area contributed by atoms with Gasteiger partial charge in [0.05, 0.1) is 6.17 Å². The molecule has 2 heteroatoms. The summed E-state index contributed by atoms with van der Waals surface area (Å²) in [6, 6.07) is 0. The molecule has 0 aliphatic carbocycles. The second kappa shape index (κ2) is 5.70. The highest BCUT2D eigenvalue weighted by atomic mass is 15.1. The molecule has 1 aliphatic rings. The van der Waals surface area contributed by atoms with Crippen molar-refractivity contribution < 1.29 is 0 Å². The van der Waals surface area contributed by atoms with Crippen LogP contribution in [0.1, 0.15) is 32.6 Å². The van der Waals surface area contributed by atoms with Gasteiger partial charge in [-0.25, -0.2) is 0 Å². The Bertz CT molecular complexity index is 153. The van der Waals surface area contributed by atoms with E-state index in [1.807, 2.05) is 12.4 Å². The summed E-state index contributed by atoms with van der Waals surface area (Å²) in [5.74, 6) is 0. The Hall–Kier alpha value is -0.920. The largest absolute Gasteiger partial charge is 0.370 e. The van der Waals surface area contributed by atoms with Gasteiger partial charge in [0.1, 0.15) is 0 Å². The van der Waals surface area contributed by atoms with Crippen molar-refractivity contribution in [2.75, 3.05) is 0 Å². The monoisotopic (exact) mass is 166 g/mol. The molecule has 0 spiro atoms. The van der Waals surface area contributed by atoms with Gasteiger partial charge in [0.15, 0.2) is 0 Å². The van der Waals surface area contributed by atoms with E-state index >= 15 is 0 Å². The van der Waals surface area contributed by atoms with Crippen LogP contribution < -0.4 is 10.6 Å². The first-order valence-corrected chi connectivity index (χ1v) is 4.75. The van der Waals surface area contributed by atoms with Crippen LogP contribution in [0.15, 0.2) is 24.6 Å². The molecule has 2 nitrogen and oxygen atoms in total. The van der Waals surface area contributed by atoms with E-state index in [1.54, 1.807) is 0 Å². The molecule has 0 aromatic rings. The van der Waals surface area contributed by atoms with Crippen molar-refractivity contribution in [3.63, 3.8) is 0 Å². The summed E-state index contributed by atoms with van der Waals surface area (Å²) in [5, 5.41) is 6.41. The van der Waals surface area contributed by atoms with Gasteiger partial charge in [-0.05, 0) is 6.42 Å². The fourth-order valence-corrected chi connectivity index (χ4v) is 1.18. The Morgan fingerprint density at radius 3 is 2.67 bits per heavy atom. The second-order valence-corrected chi connectivity index (χ2v) is 3.07. The van der Waals surface area contributed by atoms with Crippen molar-refractivity contribution in [1.29, 1.82) is 0 Å². The van der Waals surface area contributed by atoms with E-state index < -0.39 is 0 Å². The lowest BCUT2D eigenvalue weighted by molar-refractivity contribution is 0.577. The number of allylic oxidation sites excluding steroid dienone is 1. The third-order valence-electron chi connectivity index (χ3n) is 1.94. The van der Waals surface area contributed by atoms with E-state index in [4.69, 9.17) is 0 Å². The third kappa shape index (κ3) is 3.46. The molecule has 1 heterocycles. The summed E-state index contributed by atoms with van der Waals surface area (Å²) in [6.07, 6.45) is 13.7. The average molecular weight is 166 g/mol. The number of unbranched alkanes of at least 4 members (excludes halogenated alkanes) is 2. The smallest absolute Gasteiger partial charge is 0.0991 e. The van der Waals surface area contributed by atoms with Crippen LogP contribution >= 0.6 is 0 Å². The standard InChI is InChI=1S/C10H18N2/c1-2-3-4-5-6-7-10-11-8-9-12-10/h5-6,8-12H,2-4,7H2,1H3/b6-5+. The van der Waals surface area contributed by atoms with Gasteiger partial charge in [-0.15, -0.1) is 0 Å². The van der Waals surface area contributed by atoms with E-state index in [0.29, 0.717) is 6.17 Å². The van der Waals surface area contributed by atoms with Gasteiger partial charge in [-0.3, -0.25) is 0 Å². The molecule has 0 unspecified atom stereocenters. The van der Waals surface area contributed by atoms with Crippen molar-refractivity contribution in [2.45, 2.75) is 38.8 Å². The van der Waals surface area contributed by atoms with Gasteiger partial charge < -0.3 is 10.6 Å². The summed E-state index contributed by atoms with van der Waals surface area (Å²) < 4.78 is 0. The Morgan fingerprint density at radius 1 is 1.25 bits per heavy atom. The summed E-state index contributed by atoms with van der Waals surface area (Å²) in [5.41, 5.74) is 0. The number of hydrogen-bond acceptors (Lipinski definition) is 2. The molecule has 0 aromatic heterocycles. The third-order valence-corrected chi connectivity index (χ3v) is 1.94. The van der Waals surface area contributed by atoms with Crippen LogP contribution in [-0.2, 0) is 0 Å². The molecule has 12 heavy (non-hydrogen) atoms. The fraction of sp³-hybridized carbons (Fsp3) is 0.600. The lowest BCUT2D eigenvalue weighted by Crippen LogP contribution is -2.29. The summed E-state index contributed by atoms with van der Waals surface area (Å²) in [6.45, 7) is 2.22. The van der Waals surface area contributed by atoms with Gasteiger partial charge in [-0.2, -0.15) is 0 Å². The minimum Gasteiger partial charge on any atom is -0.370 e. The highest BCUT2D eigenvalue weighted by Crippen LogP contribution is 1.99. The maximum atomic E-state index is 3.20. The predicted octanol–water partition coefficient (Wildman–Crippen LogP) is 2.11. The summed E-state index contributed by atoms with van der Waals surface area (Å²) >= 11 is 0. The van der Waals surface area contributed by atoms with E-state index in [0.717, 1.165) is 6.42 Å². The van der Waals surface area contributed by atoms with Crippen molar-refractivity contribution in [3.05, 3.63) is 24.6 Å². The van der Waals surface area contributed by atoms with Crippen molar-refractivity contribution in [3.8, 4) is 0 Å². The first-order chi connectivity index (χ1) is 5.93. The molecule has 0 amide bonds. The quantitative estimate of drug-likeness (QED) is 0.483. The molecule has 2 N–H and O–H groups in total. The normalized spacial score (nSPS) is 16.8. The average Bonchev–Trinajstić information content (AvgIpc) is 2.57. The Morgan fingerprint density at radius 2 is 2.00 bits per heavy atom. The van der Waals surface area contributed by atoms with Crippen LogP contribution in [-0.4, -0.2) is 6.17 Å². The zero-order chi connectivity index (χ0) is 8.65. The molecule has 0 fully saturated rings. The van der Waals surface area contributed by atoms with Gasteiger partial charge in [0.25, 0.3) is 0 Å². The summed E-state index contributed by atoms with van der Waals surface area (Å²) in [7, 11) is 0. The molecule has 1 aliphatic heterocycles. The van der Waals surface area contributed by atoms with Crippen molar-refractivity contribution in [2.24, 2.45) is 0 Å². The van der Waals surface area contributed by atoms with Crippen LogP contribution in [0.3, 0.4) is 0 Å². The molecule has 0 atom stereocenters. The molecular weight excluding hydrogens is 148 g/mol. The minimum absolute atomic E-state index is 0.419. The maximum absolute atomic E-state index is 3.20. The van der Waals surface area contributed by atoms with E-state index in [1.165, 1.54) is 19.3 Å². The van der Waals surface area contributed by atoms with Crippen LogP contribution in [0.5, 0.6) is 0 Å². The highest BCUT2D eigenvalue weighted by molar-refractivity contribution is 4.95.